The van der Waals surface area contributed by atoms with Gasteiger partial charge in [-0.15, -0.1) is 0 Å². The lowest BCUT2D eigenvalue weighted by Gasteiger charge is -2.09. The lowest BCUT2D eigenvalue weighted by molar-refractivity contribution is 0.0927. The monoisotopic (exact) mass is 277 g/mol. The van der Waals surface area contributed by atoms with Gasteiger partial charge in [0.05, 0.1) is 6.61 Å². The first-order valence-corrected chi connectivity index (χ1v) is 7.74. The first kappa shape index (κ1) is 15.3. The average molecular weight is 277 g/mol. The maximum absolute atomic E-state index is 5.66. The highest BCUT2D eigenvalue weighted by atomic mass is 16.5. The third-order valence-corrected chi connectivity index (χ3v) is 3.35. The molecule has 1 aromatic rings. The van der Waals surface area contributed by atoms with Gasteiger partial charge in [-0.25, -0.2) is 0 Å². The third-order valence-electron chi connectivity index (χ3n) is 3.35. The van der Waals surface area contributed by atoms with E-state index in [9.17, 15) is 0 Å². The van der Waals surface area contributed by atoms with Gasteiger partial charge in [0, 0.05) is 13.2 Å². The molecule has 1 fully saturated rings. The van der Waals surface area contributed by atoms with E-state index in [1.165, 1.54) is 18.4 Å². The Kier molecular flexibility index (Phi) is 6.34. The summed E-state index contributed by atoms with van der Waals surface area (Å²) in [5.41, 5.74) is 1.29. The molecule has 2 rings (SSSR count). The predicted octanol–water partition coefficient (Wildman–Crippen LogP) is 3.24. The summed E-state index contributed by atoms with van der Waals surface area (Å²) >= 11 is 0. The highest BCUT2D eigenvalue weighted by Crippen LogP contribution is 2.28. The van der Waals surface area contributed by atoms with Crippen molar-refractivity contribution in [1.82, 2.24) is 5.32 Å². The summed E-state index contributed by atoms with van der Waals surface area (Å²) in [5.74, 6) is 2.44. The second kappa shape index (κ2) is 8.28. The Bertz CT molecular complexity index is 371. The van der Waals surface area contributed by atoms with Gasteiger partial charge in [-0.3, -0.25) is 0 Å². The number of rotatable bonds is 10. The molecule has 0 unspecified atom stereocenters. The molecular weight excluding hydrogens is 250 g/mol. The van der Waals surface area contributed by atoms with Crippen LogP contribution in [0.4, 0.5) is 0 Å². The molecular formula is C17H27NO2. The van der Waals surface area contributed by atoms with Crippen molar-refractivity contribution in [3.05, 3.63) is 29.8 Å². The SMILES string of the molecule is CC(C)CNCc1ccc(OCCOCC2CC2)cc1. The molecule has 3 heteroatoms. The molecule has 0 aromatic heterocycles. The fourth-order valence-corrected chi connectivity index (χ4v) is 1.96. The largest absolute Gasteiger partial charge is 0.491 e. The number of nitrogens with one attached hydrogen (secondary N) is 1. The molecule has 0 bridgehead atoms. The molecule has 20 heavy (non-hydrogen) atoms. The van der Waals surface area contributed by atoms with Gasteiger partial charge in [0.1, 0.15) is 12.4 Å². The number of hydrogen-bond donors (Lipinski definition) is 1. The minimum Gasteiger partial charge on any atom is -0.491 e. The van der Waals surface area contributed by atoms with Crippen molar-refractivity contribution in [3.8, 4) is 5.75 Å². The summed E-state index contributed by atoms with van der Waals surface area (Å²) in [5, 5.41) is 3.44. The minimum atomic E-state index is 0.637. The predicted molar refractivity (Wildman–Crippen MR) is 82.0 cm³/mol. The summed E-state index contributed by atoms with van der Waals surface area (Å²) in [4.78, 5) is 0. The number of ether oxygens (including phenoxy) is 2. The lowest BCUT2D eigenvalue weighted by atomic mass is 10.2. The van der Waals surface area contributed by atoms with E-state index in [-0.39, 0.29) is 0 Å². The van der Waals surface area contributed by atoms with E-state index in [1.807, 2.05) is 12.1 Å². The Morgan fingerprint density at radius 2 is 1.90 bits per heavy atom. The quantitative estimate of drug-likeness (QED) is 0.666. The highest BCUT2D eigenvalue weighted by molar-refractivity contribution is 5.27. The maximum atomic E-state index is 5.66. The molecule has 1 aromatic carbocycles. The summed E-state index contributed by atoms with van der Waals surface area (Å²) in [6.07, 6.45) is 2.68. The molecule has 0 atom stereocenters. The molecule has 0 heterocycles. The van der Waals surface area contributed by atoms with Crippen LogP contribution in [0.1, 0.15) is 32.3 Å². The van der Waals surface area contributed by atoms with Crippen LogP contribution in [0.25, 0.3) is 0 Å². The molecule has 3 nitrogen and oxygen atoms in total. The first-order valence-electron chi connectivity index (χ1n) is 7.74. The normalized spacial score (nSPS) is 14.8. The summed E-state index contributed by atoms with van der Waals surface area (Å²) in [6.45, 7) is 8.64. The van der Waals surface area contributed by atoms with Crippen molar-refractivity contribution < 1.29 is 9.47 Å². The highest BCUT2D eigenvalue weighted by Gasteiger charge is 2.20. The Hall–Kier alpha value is -1.06. The molecule has 112 valence electrons. The van der Waals surface area contributed by atoms with Crippen LogP contribution in [0.15, 0.2) is 24.3 Å². The van der Waals surface area contributed by atoms with Gasteiger partial charge in [-0.1, -0.05) is 26.0 Å². The van der Waals surface area contributed by atoms with Gasteiger partial charge in [0.15, 0.2) is 0 Å². The van der Waals surface area contributed by atoms with Gasteiger partial charge in [-0.2, -0.15) is 0 Å². The van der Waals surface area contributed by atoms with Crippen molar-refractivity contribution in [2.45, 2.75) is 33.2 Å². The molecule has 0 saturated heterocycles. The molecule has 1 aliphatic rings. The van der Waals surface area contributed by atoms with Crippen molar-refractivity contribution >= 4 is 0 Å². The minimum absolute atomic E-state index is 0.637. The van der Waals surface area contributed by atoms with E-state index in [0.29, 0.717) is 19.1 Å². The van der Waals surface area contributed by atoms with Crippen LogP contribution in [0.2, 0.25) is 0 Å². The van der Waals surface area contributed by atoms with Gasteiger partial charge < -0.3 is 14.8 Å². The first-order chi connectivity index (χ1) is 9.74. The van der Waals surface area contributed by atoms with Crippen LogP contribution in [0.5, 0.6) is 5.75 Å². The number of benzene rings is 1. The molecule has 1 N–H and O–H groups in total. The standard InChI is InChI=1S/C17H27NO2/c1-14(2)11-18-12-15-5-7-17(8-6-15)20-10-9-19-13-16-3-4-16/h5-8,14,16,18H,3-4,9-13H2,1-2H3. The van der Waals surface area contributed by atoms with Crippen molar-refractivity contribution in [3.63, 3.8) is 0 Å². The van der Waals surface area contributed by atoms with E-state index in [2.05, 4.69) is 31.3 Å². The van der Waals surface area contributed by atoms with Crippen LogP contribution in [0, 0.1) is 11.8 Å². The second-order valence-electron chi connectivity index (χ2n) is 6.04. The molecule has 0 amide bonds. The fourth-order valence-electron chi connectivity index (χ4n) is 1.96. The Balaban J connectivity index is 1.57. The van der Waals surface area contributed by atoms with Crippen molar-refractivity contribution in [2.75, 3.05) is 26.4 Å². The van der Waals surface area contributed by atoms with Gasteiger partial charge in [0.2, 0.25) is 0 Å². The van der Waals surface area contributed by atoms with Crippen molar-refractivity contribution in [2.24, 2.45) is 11.8 Å². The number of hydrogen-bond acceptors (Lipinski definition) is 3. The molecule has 0 spiro atoms. The maximum Gasteiger partial charge on any atom is 0.119 e. The van der Waals surface area contributed by atoms with E-state index < -0.39 is 0 Å². The zero-order valence-corrected chi connectivity index (χ0v) is 12.7. The van der Waals surface area contributed by atoms with Crippen molar-refractivity contribution in [1.29, 1.82) is 0 Å². The smallest absolute Gasteiger partial charge is 0.119 e. The van der Waals surface area contributed by atoms with Crippen LogP contribution in [-0.2, 0) is 11.3 Å². The molecule has 0 aliphatic heterocycles. The van der Waals surface area contributed by atoms with Gasteiger partial charge >= 0.3 is 0 Å². The zero-order valence-electron chi connectivity index (χ0n) is 12.7. The van der Waals surface area contributed by atoms with Crippen LogP contribution in [-0.4, -0.2) is 26.4 Å². The van der Waals surface area contributed by atoms with E-state index in [4.69, 9.17) is 9.47 Å². The van der Waals surface area contributed by atoms with Gasteiger partial charge in [-0.05, 0) is 48.9 Å². The zero-order chi connectivity index (χ0) is 14.2. The summed E-state index contributed by atoms with van der Waals surface area (Å²) in [6, 6.07) is 8.31. The van der Waals surface area contributed by atoms with E-state index in [0.717, 1.165) is 31.4 Å². The van der Waals surface area contributed by atoms with E-state index in [1.54, 1.807) is 0 Å². The fraction of sp³-hybridized carbons (Fsp3) is 0.647. The molecule has 1 aliphatic carbocycles. The Morgan fingerprint density at radius 1 is 1.15 bits per heavy atom. The second-order valence-corrected chi connectivity index (χ2v) is 6.04. The van der Waals surface area contributed by atoms with Crippen LogP contribution < -0.4 is 10.1 Å². The third kappa shape index (κ3) is 6.40. The molecule has 0 radical (unpaired) electrons. The summed E-state index contributed by atoms with van der Waals surface area (Å²) in [7, 11) is 0. The van der Waals surface area contributed by atoms with Crippen LogP contribution in [0.3, 0.4) is 0 Å². The van der Waals surface area contributed by atoms with Crippen LogP contribution >= 0.6 is 0 Å². The molecule has 1 saturated carbocycles. The van der Waals surface area contributed by atoms with Gasteiger partial charge in [0.25, 0.3) is 0 Å². The van der Waals surface area contributed by atoms with E-state index >= 15 is 0 Å². The average Bonchev–Trinajstić information content (AvgIpc) is 3.24. The summed E-state index contributed by atoms with van der Waals surface area (Å²) < 4.78 is 11.2. The Labute approximate surface area is 122 Å². The Morgan fingerprint density at radius 3 is 2.55 bits per heavy atom. The topological polar surface area (TPSA) is 30.5 Å². The lowest BCUT2D eigenvalue weighted by Crippen LogP contribution is -2.18.